The summed E-state index contributed by atoms with van der Waals surface area (Å²) in [4.78, 5) is 105. The number of nitrogens with one attached hydrogen (secondary N) is 8. The fraction of sp³-hybridized carbons (Fsp3) is 0.364. The first-order chi connectivity index (χ1) is 35.6. The van der Waals surface area contributed by atoms with Gasteiger partial charge < -0.3 is 57.4 Å². The predicted molar refractivity (Wildman–Crippen MR) is 277 cm³/mol. The second-order valence-electron chi connectivity index (χ2n) is 19.5. The van der Waals surface area contributed by atoms with E-state index < -0.39 is 77.7 Å². The monoisotopic (exact) mass is 986 g/mol. The van der Waals surface area contributed by atoms with Gasteiger partial charge in [0.2, 0.25) is 35.4 Å². The lowest BCUT2D eigenvalue weighted by Gasteiger charge is -2.40. The van der Waals surface area contributed by atoms with Crippen LogP contribution >= 0.6 is 0 Å². The van der Waals surface area contributed by atoms with Gasteiger partial charge in [-0.15, -0.1) is 0 Å². The molecule has 2 saturated heterocycles. The lowest BCUT2D eigenvalue weighted by Crippen LogP contribution is -2.61. The molecule has 0 saturated carbocycles. The van der Waals surface area contributed by atoms with E-state index in [1.165, 1.54) is 9.80 Å². The van der Waals surface area contributed by atoms with E-state index in [0.29, 0.717) is 37.5 Å². The summed E-state index contributed by atoms with van der Waals surface area (Å²) < 4.78 is 0. The Morgan fingerprint density at radius 3 is 1.88 bits per heavy atom. The molecular weight excluding hydrogens is 925 g/mol. The molecule has 6 heterocycles. The van der Waals surface area contributed by atoms with Crippen LogP contribution in [0.15, 0.2) is 121 Å². The van der Waals surface area contributed by atoms with Crippen molar-refractivity contribution < 1.29 is 28.8 Å². The van der Waals surface area contributed by atoms with Gasteiger partial charge in [0.05, 0.1) is 0 Å². The summed E-state index contributed by atoms with van der Waals surface area (Å²) in [6, 6.07) is 24.2. The van der Waals surface area contributed by atoms with Crippen LogP contribution in [0.4, 0.5) is 0 Å². The van der Waals surface area contributed by atoms with Crippen molar-refractivity contribution in [1.82, 2.24) is 51.7 Å². The van der Waals surface area contributed by atoms with Crippen molar-refractivity contribution in [2.24, 2.45) is 10.7 Å². The van der Waals surface area contributed by atoms with Crippen LogP contribution in [0.25, 0.3) is 21.8 Å². The van der Waals surface area contributed by atoms with E-state index >= 15 is 28.8 Å². The number of amides is 6. The highest BCUT2D eigenvalue weighted by Crippen LogP contribution is 2.33. The van der Waals surface area contributed by atoms with Crippen LogP contribution in [-0.2, 0) is 54.5 Å². The normalized spacial score (nSPS) is 24.2. The summed E-state index contributed by atoms with van der Waals surface area (Å²) >= 11 is 0. The van der Waals surface area contributed by atoms with Gasteiger partial charge in [0.25, 0.3) is 0 Å². The van der Waals surface area contributed by atoms with Crippen molar-refractivity contribution in [3.05, 3.63) is 143 Å². The average Bonchev–Trinajstić information content (AvgIpc) is 4.15. The largest absolute Gasteiger partial charge is 0.361 e. The van der Waals surface area contributed by atoms with Crippen LogP contribution in [-0.4, -0.2) is 130 Å². The van der Waals surface area contributed by atoms with Gasteiger partial charge in [0.15, 0.2) is 5.96 Å². The van der Waals surface area contributed by atoms with E-state index in [1.807, 2.05) is 97.1 Å². The van der Waals surface area contributed by atoms with Crippen molar-refractivity contribution in [2.75, 3.05) is 32.7 Å². The third-order valence-corrected chi connectivity index (χ3v) is 14.6. The minimum absolute atomic E-state index is 0.0221. The number of nitrogens with zero attached hydrogens (tertiary/aromatic N) is 3. The standard InChI is InChI=1S/C55H62N12O6/c56-37-29-47-54(73)66-25-21-34-14-4-5-17-40(34)48(66)52(71)65-46(28-36-31-61-42-19-9-7-16-39(36)42)51(70)63-44(26-33-12-2-1-3-13-33)49(68)64-45(27-35-30-60-41-18-8-6-15-38(35)41)50(69)62-43(53(72)67(47)32-37)20-10-22-57-55-58-23-11-24-59-55/h1-9,12-19,30-31,37,43-48,60-61H,10-11,20-29,32,56H2,(H,62,69)(H,63,70)(H,64,68)(H,65,71)(H2,57,58,59)/t37-,43+,44-,45+,46+,47-,48+/m1/s1. The number of fused-ring (bicyclic) bond motifs is 6. The molecule has 10 N–H and O–H groups in total. The van der Waals surface area contributed by atoms with Gasteiger partial charge >= 0.3 is 0 Å². The summed E-state index contributed by atoms with van der Waals surface area (Å²) in [5, 5.41) is 20.3. The third kappa shape index (κ3) is 10.8. The number of hydrogen-bond donors (Lipinski definition) is 9. The number of hydrogen-bond acceptors (Lipinski definition) is 10. The van der Waals surface area contributed by atoms with Crippen LogP contribution in [0.2, 0.25) is 0 Å². The van der Waals surface area contributed by atoms with Gasteiger partial charge in [0, 0.05) is 92.2 Å². The number of guanidine groups is 1. The number of aromatic nitrogens is 2. The van der Waals surface area contributed by atoms with Crippen LogP contribution < -0.4 is 37.6 Å². The molecule has 4 aromatic carbocycles. The van der Waals surface area contributed by atoms with Crippen molar-refractivity contribution in [2.45, 2.75) is 93.7 Å². The SMILES string of the molecule is N[C@@H]1C[C@@H]2C(=O)N3CCc4ccccc4[C@H]3C(=O)N[C@@H](Cc3c[nH]c4ccccc34)C(=O)N[C@H](Cc3ccccc3)C(=O)N[C@@H](Cc3c[nH]c4ccccc34)C(=O)N[C@@H](CCCNC3=NCCCN3)C(=O)N2C1. The molecule has 0 unspecified atom stereocenters. The van der Waals surface area contributed by atoms with Crippen LogP contribution in [0.1, 0.15) is 59.5 Å². The molecule has 378 valence electrons. The molecule has 2 fully saturated rings. The molecule has 4 aliphatic rings. The summed E-state index contributed by atoms with van der Waals surface area (Å²) in [5.74, 6) is -2.82. The molecule has 18 nitrogen and oxygen atoms in total. The highest BCUT2D eigenvalue weighted by molar-refractivity contribution is 6.00. The van der Waals surface area contributed by atoms with Gasteiger partial charge in [-0.05, 0) is 72.1 Å². The minimum Gasteiger partial charge on any atom is -0.361 e. The molecule has 18 heteroatoms. The first kappa shape index (κ1) is 48.6. The molecule has 6 aromatic rings. The van der Waals surface area contributed by atoms with E-state index in [-0.39, 0.29) is 45.2 Å². The van der Waals surface area contributed by atoms with Crippen LogP contribution in [0, 0.1) is 0 Å². The fourth-order valence-electron chi connectivity index (χ4n) is 10.8. The molecule has 2 aromatic heterocycles. The zero-order valence-electron chi connectivity index (χ0n) is 40.6. The average molecular weight is 987 g/mol. The maximum atomic E-state index is 15.3. The van der Waals surface area contributed by atoms with Crippen LogP contribution in [0.3, 0.4) is 0 Å². The molecule has 73 heavy (non-hydrogen) atoms. The lowest BCUT2D eigenvalue weighted by atomic mass is 9.90. The highest BCUT2D eigenvalue weighted by atomic mass is 16.2. The second-order valence-corrected chi connectivity index (χ2v) is 19.5. The third-order valence-electron chi connectivity index (χ3n) is 14.6. The smallest absolute Gasteiger partial charge is 0.248 e. The Kier molecular flexibility index (Phi) is 14.5. The van der Waals surface area contributed by atoms with Gasteiger partial charge in [-0.1, -0.05) is 91.0 Å². The maximum Gasteiger partial charge on any atom is 0.248 e. The van der Waals surface area contributed by atoms with Gasteiger partial charge in [-0.3, -0.25) is 33.8 Å². The second kappa shape index (κ2) is 21.8. The minimum atomic E-state index is -1.25. The molecule has 4 aliphatic heterocycles. The van der Waals surface area contributed by atoms with Crippen LogP contribution in [0.5, 0.6) is 0 Å². The Hall–Kier alpha value is -7.99. The van der Waals surface area contributed by atoms with E-state index in [2.05, 4.69) is 46.9 Å². The van der Waals surface area contributed by atoms with E-state index in [0.717, 1.165) is 57.0 Å². The Balaban J connectivity index is 1.06. The van der Waals surface area contributed by atoms with Gasteiger partial charge in [-0.2, -0.15) is 0 Å². The highest BCUT2D eigenvalue weighted by Gasteiger charge is 2.47. The number of H-pyrrole nitrogens is 2. The van der Waals surface area contributed by atoms with Gasteiger partial charge in [0.1, 0.15) is 36.3 Å². The number of aliphatic imine (C=N–C) groups is 1. The van der Waals surface area contributed by atoms with Crippen molar-refractivity contribution in [3.63, 3.8) is 0 Å². The van der Waals surface area contributed by atoms with Crippen molar-refractivity contribution in [1.29, 1.82) is 0 Å². The molecule has 7 atom stereocenters. The van der Waals surface area contributed by atoms with E-state index in [1.54, 1.807) is 18.5 Å². The first-order valence-corrected chi connectivity index (χ1v) is 25.4. The molecule has 0 aliphatic carbocycles. The number of carbonyl (C=O) groups is 6. The Morgan fingerprint density at radius 2 is 1.22 bits per heavy atom. The molecule has 6 amide bonds. The number of benzene rings is 4. The summed E-state index contributed by atoms with van der Waals surface area (Å²) in [6.07, 6.45) is 5.75. The number of aromatic amines is 2. The number of nitrogens with two attached hydrogens (primary N) is 1. The quantitative estimate of drug-likeness (QED) is 0.0914. The predicted octanol–water partition coefficient (Wildman–Crippen LogP) is 2.40. The Morgan fingerprint density at radius 1 is 0.630 bits per heavy atom. The first-order valence-electron chi connectivity index (χ1n) is 25.4. The summed E-state index contributed by atoms with van der Waals surface area (Å²) in [6.45, 7) is 2.08. The topological polar surface area (TPSA) is 251 Å². The molecule has 0 bridgehead atoms. The Bertz CT molecular complexity index is 3040. The van der Waals surface area contributed by atoms with E-state index in [9.17, 15) is 0 Å². The lowest BCUT2D eigenvalue weighted by molar-refractivity contribution is -0.150. The fourth-order valence-corrected chi connectivity index (χ4v) is 10.8. The summed E-state index contributed by atoms with van der Waals surface area (Å²) in [5.41, 5.74) is 12.0. The Labute approximate surface area is 422 Å². The van der Waals surface area contributed by atoms with Gasteiger partial charge in [-0.25, -0.2) is 0 Å². The van der Waals surface area contributed by atoms with Crippen molar-refractivity contribution >= 4 is 63.2 Å². The zero-order valence-corrected chi connectivity index (χ0v) is 40.6. The zero-order chi connectivity index (χ0) is 50.4. The molecular formula is C55H62N12O6. The number of rotatable bonds is 10. The maximum absolute atomic E-state index is 15.3. The molecule has 10 rings (SSSR count). The number of carbonyl (C=O) groups excluding carboxylic acids is 6. The summed E-state index contributed by atoms with van der Waals surface area (Å²) in [7, 11) is 0. The molecule has 0 spiro atoms. The molecule has 0 radical (unpaired) electrons. The van der Waals surface area contributed by atoms with E-state index in [4.69, 9.17) is 5.73 Å². The number of para-hydroxylation sites is 2. The van der Waals surface area contributed by atoms with Crippen molar-refractivity contribution in [3.8, 4) is 0 Å².